The van der Waals surface area contributed by atoms with Crippen molar-refractivity contribution in [2.75, 3.05) is 13.2 Å². The standard InChI is InChI=1S/C15H19N5O2/c1-11-14(15(16)21)19(7-8-22-11)10-12-9-17-20(18-12)13-5-3-2-4-6-13/h2-6,9,11,14H,7-8,10H2,1H3,(H2,16,21)/t11-,14+/m1/s1. The summed E-state index contributed by atoms with van der Waals surface area (Å²) in [7, 11) is 0. The zero-order chi connectivity index (χ0) is 15.5. The SMILES string of the molecule is C[C@H]1OCCN(Cc2cnn(-c3ccccc3)n2)[C@@H]1C(N)=O. The fourth-order valence-electron chi connectivity index (χ4n) is 2.73. The number of morpholine rings is 1. The third-order valence-corrected chi connectivity index (χ3v) is 3.78. The Morgan fingerprint density at radius 1 is 1.41 bits per heavy atom. The van der Waals surface area contributed by atoms with E-state index in [1.54, 1.807) is 11.0 Å². The summed E-state index contributed by atoms with van der Waals surface area (Å²) in [5, 5.41) is 8.74. The number of hydrogen-bond donors (Lipinski definition) is 1. The second-order valence-electron chi connectivity index (χ2n) is 5.35. The second kappa shape index (κ2) is 6.25. The van der Waals surface area contributed by atoms with Crippen LogP contribution in [0.15, 0.2) is 36.5 Å². The van der Waals surface area contributed by atoms with E-state index in [9.17, 15) is 4.79 Å². The van der Waals surface area contributed by atoms with Gasteiger partial charge in [0.1, 0.15) is 6.04 Å². The van der Waals surface area contributed by atoms with Crippen LogP contribution in [0.5, 0.6) is 0 Å². The van der Waals surface area contributed by atoms with E-state index in [0.29, 0.717) is 19.7 Å². The van der Waals surface area contributed by atoms with Crippen molar-refractivity contribution >= 4 is 5.91 Å². The van der Waals surface area contributed by atoms with E-state index in [4.69, 9.17) is 10.5 Å². The first-order valence-electron chi connectivity index (χ1n) is 7.27. The second-order valence-corrected chi connectivity index (χ2v) is 5.35. The molecule has 22 heavy (non-hydrogen) atoms. The van der Waals surface area contributed by atoms with E-state index < -0.39 is 6.04 Å². The highest BCUT2D eigenvalue weighted by Crippen LogP contribution is 2.16. The lowest BCUT2D eigenvalue weighted by Crippen LogP contribution is -2.56. The zero-order valence-corrected chi connectivity index (χ0v) is 12.4. The van der Waals surface area contributed by atoms with Crippen LogP contribution in [-0.4, -0.2) is 51.1 Å². The van der Waals surface area contributed by atoms with Gasteiger partial charge < -0.3 is 10.5 Å². The minimum Gasteiger partial charge on any atom is -0.375 e. The lowest BCUT2D eigenvalue weighted by Gasteiger charge is -2.37. The van der Waals surface area contributed by atoms with Gasteiger partial charge in [-0.2, -0.15) is 15.0 Å². The molecule has 0 unspecified atom stereocenters. The maximum atomic E-state index is 11.7. The van der Waals surface area contributed by atoms with Gasteiger partial charge in [-0.25, -0.2) is 0 Å². The average Bonchev–Trinajstić information content (AvgIpc) is 2.96. The summed E-state index contributed by atoms with van der Waals surface area (Å²) in [5.74, 6) is -0.373. The highest BCUT2D eigenvalue weighted by molar-refractivity contribution is 5.80. The Morgan fingerprint density at radius 2 is 2.18 bits per heavy atom. The minimum atomic E-state index is -0.435. The van der Waals surface area contributed by atoms with Crippen LogP contribution in [0.4, 0.5) is 0 Å². The summed E-state index contributed by atoms with van der Waals surface area (Å²) in [6, 6.07) is 9.26. The van der Waals surface area contributed by atoms with Gasteiger partial charge in [-0.05, 0) is 19.1 Å². The monoisotopic (exact) mass is 301 g/mol. The molecule has 0 bridgehead atoms. The number of nitrogens with zero attached hydrogens (tertiary/aromatic N) is 4. The first kappa shape index (κ1) is 14.7. The van der Waals surface area contributed by atoms with Gasteiger partial charge in [0.2, 0.25) is 5.91 Å². The van der Waals surface area contributed by atoms with Crippen molar-refractivity contribution in [2.24, 2.45) is 5.73 Å². The molecule has 1 aliphatic rings. The third-order valence-electron chi connectivity index (χ3n) is 3.78. The summed E-state index contributed by atoms with van der Waals surface area (Å²) in [5.41, 5.74) is 7.19. The number of hydrogen-bond acceptors (Lipinski definition) is 5. The lowest BCUT2D eigenvalue weighted by molar-refractivity contribution is -0.136. The van der Waals surface area contributed by atoms with Gasteiger partial charge in [0.25, 0.3) is 0 Å². The quantitative estimate of drug-likeness (QED) is 0.880. The molecule has 1 aliphatic heterocycles. The number of carbonyl (C=O) groups is 1. The number of amides is 1. The highest BCUT2D eigenvalue weighted by atomic mass is 16.5. The van der Waals surface area contributed by atoms with E-state index in [-0.39, 0.29) is 12.0 Å². The van der Waals surface area contributed by atoms with Crippen molar-refractivity contribution in [3.8, 4) is 5.69 Å². The molecule has 7 nitrogen and oxygen atoms in total. The van der Waals surface area contributed by atoms with Crippen molar-refractivity contribution in [2.45, 2.75) is 25.6 Å². The van der Waals surface area contributed by atoms with Gasteiger partial charge in [-0.3, -0.25) is 9.69 Å². The van der Waals surface area contributed by atoms with Gasteiger partial charge in [0.15, 0.2) is 0 Å². The van der Waals surface area contributed by atoms with E-state index in [0.717, 1.165) is 11.4 Å². The number of rotatable bonds is 4. The molecular formula is C15H19N5O2. The molecule has 1 aromatic carbocycles. The van der Waals surface area contributed by atoms with Crippen molar-refractivity contribution in [1.82, 2.24) is 19.9 Å². The van der Waals surface area contributed by atoms with Gasteiger partial charge in [0.05, 0.1) is 30.3 Å². The smallest absolute Gasteiger partial charge is 0.237 e. The van der Waals surface area contributed by atoms with E-state index in [2.05, 4.69) is 10.2 Å². The topological polar surface area (TPSA) is 86.3 Å². The van der Waals surface area contributed by atoms with Crippen molar-refractivity contribution in [1.29, 1.82) is 0 Å². The molecule has 0 aliphatic carbocycles. The van der Waals surface area contributed by atoms with Crippen LogP contribution >= 0.6 is 0 Å². The summed E-state index contributed by atoms with van der Waals surface area (Å²) in [4.78, 5) is 15.2. The Morgan fingerprint density at radius 3 is 2.91 bits per heavy atom. The molecule has 7 heteroatoms. The molecule has 2 N–H and O–H groups in total. The Bertz CT molecular complexity index is 642. The number of benzene rings is 1. The Labute approximate surface area is 128 Å². The molecule has 0 radical (unpaired) electrons. The summed E-state index contributed by atoms with van der Waals surface area (Å²) in [6.45, 7) is 3.62. The van der Waals surface area contributed by atoms with Crippen LogP contribution in [0.2, 0.25) is 0 Å². The van der Waals surface area contributed by atoms with E-state index in [1.165, 1.54) is 0 Å². The Balaban J connectivity index is 1.75. The first-order valence-corrected chi connectivity index (χ1v) is 7.27. The molecule has 1 saturated heterocycles. The Kier molecular flexibility index (Phi) is 4.17. The predicted molar refractivity (Wildman–Crippen MR) is 80.2 cm³/mol. The fourth-order valence-corrected chi connectivity index (χ4v) is 2.73. The minimum absolute atomic E-state index is 0.213. The maximum absolute atomic E-state index is 11.7. The number of aromatic nitrogens is 3. The van der Waals surface area contributed by atoms with Crippen LogP contribution in [0.25, 0.3) is 5.69 Å². The average molecular weight is 301 g/mol. The number of primary amides is 1. The highest BCUT2D eigenvalue weighted by Gasteiger charge is 2.34. The van der Waals surface area contributed by atoms with Crippen LogP contribution in [0.1, 0.15) is 12.6 Å². The van der Waals surface area contributed by atoms with E-state index >= 15 is 0 Å². The van der Waals surface area contributed by atoms with Gasteiger partial charge >= 0.3 is 0 Å². The summed E-state index contributed by atoms with van der Waals surface area (Å²) >= 11 is 0. The number of ether oxygens (including phenoxy) is 1. The maximum Gasteiger partial charge on any atom is 0.237 e. The van der Waals surface area contributed by atoms with Crippen LogP contribution in [0, 0.1) is 0 Å². The Hall–Kier alpha value is -2.25. The van der Waals surface area contributed by atoms with Gasteiger partial charge in [0, 0.05) is 13.1 Å². The van der Waals surface area contributed by atoms with Crippen molar-refractivity contribution in [3.05, 3.63) is 42.2 Å². The zero-order valence-electron chi connectivity index (χ0n) is 12.4. The third kappa shape index (κ3) is 3.00. The van der Waals surface area contributed by atoms with E-state index in [1.807, 2.05) is 42.2 Å². The molecule has 1 amide bonds. The molecule has 0 saturated carbocycles. The van der Waals surface area contributed by atoms with Crippen molar-refractivity contribution < 1.29 is 9.53 Å². The molecular weight excluding hydrogens is 282 g/mol. The first-order chi connectivity index (χ1) is 10.6. The molecule has 3 rings (SSSR count). The number of para-hydroxylation sites is 1. The number of nitrogens with two attached hydrogens (primary N) is 1. The van der Waals surface area contributed by atoms with Crippen LogP contribution < -0.4 is 5.73 Å². The largest absolute Gasteiger partial charge is 0.375 e. The molecule has 1 aromatic heterocycles. The normalized spacial score (nSPS) is 22.6. The number of carbonyl (C=O) groups excluding carboxylic acids is 1. The molecule has 116 valence electrons. The van der Waals surface area contributed by atoms with Crippen LogP contribution in [0.3, 0.4) is 0 Å². The summed E-state index contributed by atoms with van der Waals surface area (Å²) in [6.07, 6.45) is 1.50. The molecule has 2 heterocycles. The lowest BCUT2D eigenvalue weighted by atomic mass is 10.1. The fraction of sp³-hybridized carbons (Fsp3) is 0.400. The molecule has 1 fully saturated rings. The van der Waals surface area contributed by atoms with Gasteiger partial charge in [-0.15, -0.1) is 0 Å². The molecule has 0 spiro atoms. The summed E-state index contributed by atoms with van der Waals surface area (Å²) < 4.78 is 5.51. The predicted octanol–water partition coefficient (Wildman–Crippen LogP) is 0.342. The van der Waals surface area contributed by atoms with Crippen molar-refractivity contribution in [3.63, 3.8) is 0 Å². The molecule has 2 atom stereocenters. The molecule has 2 aromatic rings. The van der Waals surface area contributed by atoms with Gasteiger partial charge in [-0.1, -0.05) is 18.2 Å². The van der Waals surface area contributed by atoms with Crippen LogP contribution in [-0.2, 0) is 16.1 Å².